The molecule has 0 aliphatic heterocycles. The number of benzene rings is 2. The summed E-state index contributed by atoms with van der Waals surface area (Å²) in [4.78, 5) is 23.8. The molecule has 0 saturated heterocycles. The van der Waals surface area contributed by atoms with E-state index in [2.05, 4.69) is 10.4 Å². The highest BCUT2D eigenvalue weighted by molar-refractivity contribution is 7.92. The van der Waals surface area contributed by atoms with E-state index in [-0.39, 0.29) is 16.1 Å². The molecule has 0 bridgehead atoms. The molecule has 1 aromatic heterocycles. The number of aromatic nitrogens is 2. The molecular weight excluding hydrogens is 380 g/mol. The Morgan fingerprint density at radius 1 is 1.04 bits per heavy atom. The number of carbonyl (C=O) groups is 1. The quantitative estimate of drug-likeness (QED) is 0.707. The molecule has 8 nitrogen and oxygen atoms in total. The number of carbonyl (C=O) groups excluding carboxylic acids is 1. The van der Waals surface area contributed by atoms with Gasteiger partial charge in [-0.05, 0) is 36.4 Å². The van der Waals surface area contributed by atoms with Crippen LogP contribution in [-0.2, 0) is 17.1 Å². The molecule has 0 aliphatic carbocycles. The number of rotatable bonds is 5. The fourth-order valence-electron chi connectivity index (χ4n) is 2.49. The number of para-hydroxylation sites is 1. The second-order valence-corrected chi connectivity index (χ2v) is 7.94. The molecule has 9 heteroatoms. The average molecular weight is 398 g/mol. The van der Waals surface area contributed by atoms with Gasteiger partial charge in [-0.25, -0.2) is 13.1 Å². The summed E-state index contributed by atoms with van der Waals surface area (Å²) in [6.07, 6.45) is 0. The van der Waals surface area contributed by atoms with E-state index in [4.69, 9.17) is 0 Å². The number of anilines is 2. The Hall–Kier alpha value is -3.46. The van der Waals surface area contributed by atoms with Gasteiger partial charge in [0.2, 0.25) is 0 Å². The first-order valence-corrected chi connectivity index (χ1v) is 9.73. The van der Waals surface area contributed by atoms with Gasteiger partial charge in [-0.3, -0.25) is 13.9 Å². The smallest absolute Gasteiger partial charge is 0.276 e. The summed E-state index contributed by atoms with van der Waals surface area (Å²) in [5.74, 6) is -0.554. The van der Waals surface area contributed by atoms with Crippen molar-refractivity contribution in [2.75, 3.05) is 16.7 Å². The lowest BCUT2D eigenvalue weighted by Crippen LogP contribution is -2.26. The van der Waals surface area contributed by atoms with Crippen molar-refractivity contribution in [1.29, 1.82) is 0 Å². The summed E-state index contributed by atoms with van der Waals surface area (Å²) in [5, 5.41) is 6.47. The van der Waals surface area contributed by atoms with Crippen molar-refractivity contribution in [3.05, 3.63) is 82.8 Å². The van der Waals surface area contributed by atoms with Crippen molar-refractivity contribution in [3.63, 3.8) is 0 Å². The van der Waals surface area contributed by atoms with Crippen LogP contribution in [0.4, 0.5) is 11.4 Å². The van der Waals surface area contributed by atoms with E-state index in [1.165, 1.54) is 48.7 Å². The first-order chi connectivity index (χ1) is 13.3. The maximum absolute atomic E-state index is 12.9. The molecule has 0 spiro atoms. The van der Waals surface area contributed by atoms with Crippen LogP contribution in [0.25, 0.3) is 0 Å². The third-order valence-corrected chi connectivity index (χ3v) is 5.84. The first-order valence-electron chi connectivity index (χ1n) is 8.29. The van der Waals surface area contributed by atoms with E-state index >= 15 is 0 Å². The summed E-state index contributed by atoms with van der Waals surface area (Å²) >= 11 is 0. The monoisotopic (exact) mass is 398 g/mol. The molecule has 1 N–H and O–H groups in total. The Morgan fingerprint density at radius 2 is 1.75 bits per heavy atom. The normalized spacial score (nSPS) is 11.1. The average Bonchev–Trinajstić information content (AvgIpc) is 2.70. The number of sulfonamides is 1. The second kappa shape index (κ2) is 7.65. The van der Waals surface area contributed by atoms with Gasteiger partial charge in [-0.2, -0.15) is 5.10 Å². The number of hydrogen-bond acceptors (Lipinski definition) is 5. The van der Waals surface area contributed by atoms with Crippen LogP contribution in [0.1, 0.15) is 10.5 Å². The molecule has 3 aromatic rings. The van der Waals surface area contributed by atoms with E-state index in [0.717, 1.165) is 4.68 Å². The summed E-state index contributed by atoms with van der Waals surface area (Å²) < 4.78 is 28.0. The van der Waals surface area contributed by atoms with Gasteiger partial charge in [-0.1, -0.05) is 24.3 Å². The Morgan fingerprint density at radius 3 is 2.43 bits per heavy atom. The van der Waals surface area contributed by atoms with Crippen molar-refractivity contribution >= 4 is 27.3 Å². The topological polar surface area (TPSA) is 101 Å². The van der Waals surface area contributed by atoms with Crippen molar-refractivity contribution in [3.8, 4) is 0 Å². The molecule has 1 heterocycles. The Bertz CT molecular complexity index is 1170. The van der Waals surface area contributed by atoms with Crippen LogP contribution in [0.2, 0.25) is 0 Å². The van der Waals surface area contributed by atoms with E-state index in [0.29, 0.717) is 11.4 Å². The maximum Gasteiger partial charge on any atom is 0.276 e. The molecular formula is C19H18N4O4S. The SMILES string of the molecule is CN(c1ccccc1)S(=O)(=O)c1cccc(NC(=O)c2ccc(=O)n(C)n2)c1. The van der Waals surface area contributed by atoms with Gasteiger partial charge < -0.3 is 5.32 Å². The zero-order valence-corrected chi connectivity index (χ0v) is 16.1. The number of aryl methyl sites for hydroxylation is 1. The molecule has 3 rings (SSSR count). The van der Waals surface area contributed by atoms with Gasteiger partial charge in [0.05, 0.1) is 10.6 Å². The first kappa shape index (κ1) is 19.3. The van der Waals surface area contributed by atoms with Gasteiger partial charge in [-0.15, -0.1) is 0 Å². The van der Waals surface area contributed by atoms with Crippen LogP contribution < -0.4 is 15.2 Å². The zero-order valence-electron chi connectivity index (χ0n) is 15.2. The lowest BCUT2D eigenvalue weighted by molar-refractivity contribution is 0.102. The minimum atomic E-state index is -3.81. The van der Waals surface area contributed by atoms with Crippen molar-refractivity contribution in [2.24, 2.45) is 7.05 Å². The van der Waals surface area contributed by atoms with Crippen LogP contribution in [0.15, 0.2) is 76.4 Å². The van der Waals surface area contributed by atoms with Crippen LogP contribution in [-0.4, -0.2) is 31.2 Å². The number of amides is 1. The fraction of sp³-hybridized carbons (Fsp3) is 0.105. The van der Waals surface area contributed by atoms with E-state index in [9.17, 15) is 18.0 Å². The Balaban J connectivity index is 1.86. The van der Waals surface area contributed by atoms with Crippen molar-refractivity contribution < 1.29 is 13.2 Å². The zero-order chi connectivity index (χ0) is 20.3. The molecule has 0 saturated carbocycles. The highest BCUT2D eigenvalue weighted by atomic mass is 32.2. The summed E-state index contributed by atoms with van der Waals surface area (Å²) in [6, 6.07) is 17.1. The Kier molecular flexibility index (Phi) is 5.27. The molecule has 0 unspecified atom stereocenters. The Labute approximate surface area is 162 Å². The van der Waals surface area contributed by atoms with Crippen LogP contribution in [0.5, 0.6) is 0 Å². The van der Waals surface area contributed by atoms with Crippen LogP contribution in [0, 0.1) is 0 Å². The lowest BCUT2D eigenvalue weighted by Gasteiger charge is -2.19. The van der Waals surface area contributed by atoms with Crippen LogP contribution in [0.3, 0.4) is 0 Å². The molecule has 0 aliphatic rings. The maximum atomic E-state index is 12.9. The summed E-state index contributed by atoms with van der Waals surface area (Å²) in [7, 11) is -0.907. The van der Waals surface area contributed by atoms with Gasteiger partial charge in [0.25, 0.3) is 21.5 Å². The third-order valence-electron chi connectivity index (χ3n) is 4.06. The second-order valence-electron chi connectivity index (χ2n) is 5.97. The van der Waals surface area contributed by atoms with E-state index < -0.39 is 15.9 Å². The highest BCUT2D eigenvalue weighted by Gasteiger charge is 2.22. The predicted octanol–water partition coefficient (Wildman–Crippen LogP) is 1.86. The van der Waals surface area contributed by atoms with Crippen molar-refractivity contribution in [2.45, 2.75) is 4.90 Å². The van der Waals surface area contributed by atoms with Gasteiger partial charge in [0.15, 0.2) is 0 Å². The van der Waals surface area contributed by atoms with E-state index in [1.54, 1.807) is 36.4 Å². The minimum Gasteiger partial charge on any atom is -0.321 e. The molecule has 0 atom stereocenters. The summed E-state index contributed by atoms with van der Waals surface area (Å²) in [5.41, 5.74) is 0.514. The molecule has 0 fully saturated rings. The minimum absolute atomic E-state index is 0.0325. The molecule has 144 valence electrons. The van der Waals surface area contributed by atoms with E-state index in [1.807, 2.05) is 0 Å². The van der Waals surface area contributed by atoms with Crippen LogP contribution >= 0.6 is 0 Å². The van der Waals surface area contributed by atoms with Crippen molar-refractivity contribution in [1.82, 2.24) is 9.78 Å². The molecule has 1 amide bonds. The molecule has 0 radical (unpaired) electrons. The fourth-order valence-corrected chi connectivity index (χ4v) is 3.73. The standard InChI is InChI=1S/C19H18N4O4S/c1-22-18(24)12-11-17(21-22)19(25)20-14-7-6-10-16(13-14)28(26,27)23(2)15-8-4-3-5-9-15/h3-13H,1-2H3,(H,20,25). The van der Waals surface area contributed by atoms with Gasteiger partial charge in [0.1, 0.15) is 5.69 Å². The predicted molar refractivity (Wildman–Crippen MR) is 106 cm³/mol. The molecule has 28 heavy (non-hydrogen) atoms. The molecule has 2 aromatic carbocycles. The lowest BCUT2D eigenvalue weighted by atomic mass is 10.3. The third kappa shape index (κ3) is 3.94. The van der Waals surface area contributed by atoms with Gasteiger partial charge in [0, 0.05) is 25.8 Å². The number of nitrogens with one attached hydrogen (secondary N) is 1. The highest BCUT2D eigenvalue weighted by Crippen LogP contribution is 2.23. The van der Waals surface area contributed by atoms with Gasteiger partial charge >= 0.3 is 0 Å². The summed E-state index contributed by atoms with van der Waals surface area (Å²) in [6.45, 7) is 0. The number of nitrogens with zero attached hydrogens (tertiary/aromatic N) is 3. The number of hydrogen-bond donors (Lipinski definition) is 1. The largest absolute Gasteiger partial charge is 0.321 e.